The fourth-order valence-electron chi connectivity index (χ4n) is 2.04. The summed E-state index contributed by atoms with van der Waals surface area (Å²) in [6.07, 6.45) is -0.615. The minimum Gasteiger partial charge on any atom is -0.481 e. The van der Waals surface area contributed by atoms with E-state index < -0.39 is 31.7 Å². The van der Waals surface area contributed by atoms with Gasteiger partial charge < -0.3 is 19.5 Å². The van der Waals surface area contributed by atoms with Crippen LogP contribution in [0.25, 0.3) is 0 Å². The predicted molar refractivity (Wildman–Crippen MR) is 91.6 cm³/mol. The van der Waals surface area contributed by atoms with Crippen LogP contribution in [0, 0.1) is 0 Å². The molecule has 2 aromatic rings. The molecule has 0 fully saturated rings. The monoisotopic (exact) mass is 363 g/mol. The van der Waals surface area contributed by atoms with E-state index in [4.69, 9.17) is 14.2 Å². The molecule has 0 heterocycles. The van der Waals surface area contributed by atoms with E-state index in [1.807, 2.05) is 0 Å². The van der Waals surface area contributed by atoms with Gasteiger partial charge in [-0.3, -0.25) is 9.59 Å². The van der Waals surface area contributed by atoms with Gasteiger partial charge in [-0.05, 0) is 24.3 Å². The second-order valence-corrected chi connectivity index (χ2v) is 7.23. The van der Waals surface area contributed by atoms with E-state index in [0.29, 0.717) is 0 Å². The lowest BCUT2D eigenvalue weighted by atomic mass is 10.3. The van der Waals surface area contributed by atoms with Gasteiger partial charge in [-0.25, -0.2) is 4.57 Å². The molecule has 0 aliphatic heterocycles. The molecular formula is C17H18NO6P. The van der Waals surface area contributed by atoms with E-state index in [-0.39, 0.29) is 11.5 Å². The smallest absolute Gasteiger partial charge is 0.453 e. The summed E-state index contributed by atoms with van der Waals surface area (Å²) in [6, 6.07) is 16.4. The molecule has 2 N–H and O–H groups in total. The number of para-hydroxylation sites is 2. The molecule has 2 rings (SSSR count). The molecule has 0 bridgehead atoms. The van der Waals surface area contributed by atoms with Gasteiger partial charge in [0, 0.05) is 6.92 Å². The van der Waals surface area contributed by atoms with Crippen molar-refractivity contribution in [3.8, 4) is 11.5 Å². The third kappa shape index (κ3) is 5.65. The third-order valence-electron chi connectivity index (χ3n) is 3.07. The Labute approximate surface area is 145 Å². The largest absolute Gasteiger partial charge is 0.481 e. The zero-order chi connectivity index (χ0) is 18.3. The van der Waals surface area contributed by atoms with E-state index in [2.05, 4.69) is 5.32 Å². The van der Waals surface area contributed by atoms with Crippen molar-refractivity contribution < 1.29 is 28.3 Å². The first-order valence-corrected chi connectivity index (χ1v) is 9.08. The molecule has 0 aliphatic carbocycles. The third-order valence-corrected chi connectivity index (χ3v) is 5.08. The highest BCUT2D eigenvalue weighted by molar-refractivity contribution is 7.55. The van der Waals surface area contributed by atoms with Crippen molar-refractivity contribution in [2.24, 2.45) is 0 Å². The second-order valence-electron chi connectivity index (χ2n) is 5.16. The Kier molecular flexibility index (Phi) is 6.19. The van der Waals surface area contributed by atoms with Crippen LogP contribution in [0.3, 0.4) is 0 Å². The number of benzene rings is 2. The molecule has 1 atom stereocenters. The molecule has 1 amide bonds. The molecular weight excluding hydrogens is 345 g/mol. The van der Waals surface area contributed by atoms with Crippen LogP contribution >= 0.6 is 7.60 Å². The molecule has 0 saturated carbocycles. The first-order valence-electron chi connectivity index (χ1n) is 7.47. The number of carboxylic acids is 1. The van der Waals surface area contributed by atoms with E-state index in [0.717, 1.165) is 0 Å². The van der Waals surface area contributed by atoms with Gasteiger partial charge in [-0.15, -0.1) is 0 Å². The molecule has 2 aromatic carbocycles. The number of carbonyl (C=O) groups excluding carboxylic acids is 1. The molecule has 0 unspecified atom stereocenters. The lowest BCUT2D eigenvalue weighted by molar-refractivity contribution is -0.137. The van der Waals surface area contributed by atoms with E-state index in [1.54, 1.807) is 60.7 Å². The molecule has 25 heavy (non-hydrogen) atoms. The summed E-state index contributed by atoms with van der Waals surface area (Å²) in [4.78, 5) is 22.6. The van der Waals surface area contributed by atoms with Crippen molar-refractivity contribution >= 4 is 19.5 Å². The van der Waals surface area contributed by atoms with Gasteiger partial charge in [-0.2, -0.15) is 0 Å². The quantitative estimate of drug-likeness (QED) is 0.698. The van der Waals surface area contributed by atoms with Crippen molar-refractivity contribution in [1.29, 1.82) is 0 Å². The first-order chi connectivity index (χ1) is 11.9. The normalized spacial score (nSPS) is 12.0. The number of aliphatic carboxylic acids is 1. The zero-order valence-electron chi connectivity index (χ0n) is 13.5. The average Bonchev–Trinajstić information content (AvgIpc) is 2.55. The van der Waals surface area contributed by atoms with Crippen molar-refractivity contribution in [1.82, 2.24) is 5.32 Å². The van der Waals surface area contributed by atoms with Crippen LogP contribution in [0.2, 0.25) is 0 Å². The molecule has 132 valence electrons. The van der Waals surface area contributed by atoms with Crippen LogP contribution in [-0.2, 0) is 14.2 Å². The fraction of sp³-hybridized carbons (Fsp3) is 0.176. The summed E-state index contributed by atoms with van der Waals surface area (Å²) in [7, 11) is -4.09. The van der Waals surface area contributed by atoms with E-state index in [9.17, 15) is 14.2 Å². The van der Waals surface area contributed by atoms with Gasteiger partial charge in [0.15, 0.2) is 5.78 Å². The first kappa shape index (κ1) is 18.5. The Hall–Kier alpha value is -2.79. The van der Waals surface area contributed by atoms with Crippen molar-refractivity contribution in [3.63, 3.8) is 0 Å². The Bertz CT molecular complexity index is 704. The molecule has 0 spiro atoms. The number of amides is 1. The van der Waals surface area contributed by atoms with E-state index in [1.165, 1.54) is 6.92 Å². The lowest BCUT2D eigenvalue weighted by Crippen LogP contribution is -2.37. The highest BCUT2D eigenvalue weighted by Gasteiger charge is 2.41. The van der Waals surface area contributed by atoms with Crippen LogP contribution in [-0.4, -0.2) is 22.8 Å². The van der Waals surface area contributed by atoms with Crippen LogP contribution in [0.5, 0.6) is 11.5 Å². The minimum atomic E-state index is -4.09. The van der Waals surface area contributed by atoms with Gasteiger partial charge in [0.05, 0.1) is 6.42 Å². The maximum absolute atomic E-state index is 13.4. The van der Waals surface area contributed by atoms with Crippen LogP contribution in [0.4, 0.5) is 0 Å². The van der Waals surface area contributed by atoms with Crippen LogP contribution in [0.15, 0.2) is 60.7 Å². The average molecular weight is 363 g/mol. The highest BCUT2D eigenvalue weighted by Crippen LogP contribution is 2.53. The van der Waals surface area contributed by atoms with Crippen molar-refractivity contribution in [2.75, 3.05) is 0 Å². The summed E-state index contributed by atoms with van der Waals surface area (Å²) in [5.74, 6) is -2.65. The maximum atomic E-state index is 13.4. The Morgan fingerprint density at radius 2 is 1.44 bits per heavy atom. The number of rotatable bonds is 8. The van der Waals surface area contributed by atoms with Gasteiger partial charge in [0.2, 0.25) is 5.91 Å². The molecule has 0 saturated heterocycles. The van der Waals surface area contributed by atoms with Crippen LogP contribution < -0.4 is 14.4 Å². The molecule has 8 heteroatoms. The molecule has 0 aliphatic rings. The lowest BCUT2D eigenvalue weighted by Gasteiger charge is -2.27. The summed E-state index contributed by atoms with van der Waals surface area (Å²) in [5.41, 5.74) is 0. The Morgan fingerprint density at radius 1 is 1.00 bits per heavy atom. The van der Waals surface area contributed by atoms with E-state index >= 15 is 0 Å². The topological polar surface area (TPSA) is 102 Å². The number of hydrogen-bond donors (Lipinski definition) is 2. The van der Waals surface area contributed by atoms with Crippen molar-refractivity contribution in [2.45, 2.75) is 19.1 Å². The van der Waals surface area contributed by atoms with Gasteiger partial charge >= 0.3 is 13.6 Å². The minimum absolute atomic E-state index is 0.238. The Balaban J connectivity index is 2.39. The number of carboxylic acid groups (broad SMARTS) is 1. The van der Waals surface area contributed by atoms with Gasteiger partial charge in [-0.1, -0.05) is 36.4 Å². The highest BCUT2D eigenvalue weighted by atomic mass is 31.2. The number of hydrogen-bond acceptors (Lipinski definition) is 5. The second kappa shape index (κ2) is 8.35. The summed E-state index contributed by atoms with van der Waals surface area (Å²) < 4.78 is 24.5. The number of nitrogens with one attached hydrogen (secondary N) is 1. The van der Waals surface area contributed by atoms with Crippen LogP contribution in [0.1, 0.15) is 13.3 Å². The standard InChI is InChI=1S/C17H18NO6P/c1-13(19)18-16(12-17(20)21)25(22,23-14-8-4-2-5-9-14)24-15-10-6-3-7-11-15/h2-11,16H,12H2,1H3,(H,18,19)(H,20,21)/t16-/m0/s1. The predicted octanol–water partition coefficient (Wildman–Crippen LogP) is 3.27. The molecule has 0 radical (unpaired) electrons. The van der Waals surface area contributed by atoms with Crippen molar-refractivity contribution in [3.05, 3.63) is 60.7 Å². The summed E-state index contributed by atoms with van der Waals surface area (Å²) in [5, 5.41) is 11.5. The van der Waals surface area contributed by atoms with Gasteiger partial charge in [0.25, 0.3) is 0 Å². The SMILES string of the molecule is CC(=O)N[C@H](CC(=O)O)P(=O)(Oc1ccccc1)Oc1ccccc1. The van der Waals surface area contributed by atoms with Gasteiger partial charge in [0.1, 0.15) is 11.5 Å². The number of carbonyl (C=O) groups is 2. The Morgan fingerprint density at radius 3 is 1.80 bits per heavy atom. The summed E-state index contributed by atoms with van der Waals surface area (Å²) in [6.45, 7) is 1.20. The zero-order valence-corrected chi connectivity index (χ0v) is 14.4. The fourth-order valence-corrected chi connectivity index (χ4v) is 3.89. The molecule has 0 aromatic heterocycles. The maximum Gasteiger partial charge on any atom is 0.453 e. The molecule has 7 nitrogen and oxygen atoms in total. The summed E-state index contributed by atoms with van der Waals surface area (Å²) >= 11 is 0.